The Kier molecular flexibility index (Phi) is 2.14. The molecule has 1 saturated carbocycles. The summed E-state index contributed by atoms with van der Waals surface area (Å²) in [4.78, 5) is 13.8. The first-order chi connectivity index (χ1) is 6.18. The maximum atomic E-state index is 11.8. The maximum absolute atomic E-state index is 11.8. The van der Waals surface area contributed by atoms with Gasteiger partial charge in [-0.3, -0.25) is 4.79 Å². The van der Waals surface area contributed by atoms with E-state index in [1.807, 2.05) is 4.90 Å². The molecule has 2 atom stereocenters. The zero-order valence-electron chi connectivity index (χ0n) is 8.42. The molecule has 2 unspecified atom stereocenters. The molecule has 72 valence electrons. The zero-order chi connectivity index (χ0) is 9.42. The van der Waals surface area contributed by atoms with Crippen LogP contribution in [0.3, 0.4) is 0 Å². The summed E-state index contributed by atoms with van der Waals surface area (Å²) in [6, 6.07) is 0. The molecule has 2 aliphatic rings. The van der Waals surface area contributed by atoms with E-state index in [1.54, 1.807) is 0 Å². The van der Waals surface area contributed by atoms with Gasteiger partial charge in [-0.15, -0.1) is 0 Å². The Hall–Kier alpha value is -0.790. The monoisotopic (exact) mass is 179 g/mol. The summed E-state index contributed by atoms with van der Waals surface area (Å²) in [6.07, 6.45) is 4.35. The summed E-state index contributed by atoms with van der Waals surface area (Å²) in [5, 5.41) is 0. The zero-order valence-corrected chi connectivity index (χ0v) is 8.42. The van der Waals surface area contributed by atoms with Crippen LogP contribution in [0.25, 0.3) is 0 Å². The molecule has 13 heavy (non-hydrogen) atoms. The summed E-state index contributed by atoms with van der Waals surface area (Å²) in [5.74, 6) is 1.38. The van der Waals surface area contributed by atoms with Crippen molar-refractivity contribution in [2.45, 2.75) is 26.7 Å². The molecule has 2 nitrogen and oxygen atoms in total. The quantitative estimate of drug-likeness (QED) is 0.562. The average Bonchev–Trinajstić information content (AvgIpc) is 2.83. The van der Waals surface area contributed by atoms with Gasteiger partial charge in [-0.25, -0.2) is 0 Å². The van der Waals surface area contributed by atoms with Gasteiger partial charge in [0.1, 0.15) is 0 Å². The molecule has 1 fully saturated rings. The molecule has 0 radical (unpaired) electrons. The number of carbonyl (C=O) groups excluding carboxylic acids is 1. The van der Waals surface area contributed by atoms with Crippen molar-refractivity contribution in [2.75, 3.05) is 13.1 Å². The van der Waals surface area contributed by atoms with E-state index in [2.05, 4.69) is 19.9 Å². The van der Waals surface area contributed by atoms with Gasteiger partial charge in [0.05, 0.1) is 0 Å². The lowest BCUT2D eigenvalue weighted by Gasteiger charge is -2.25. The van der Waals surface area contributed by atoms with Gasteiger partial charge < -0.3 is 4.90 Å². The highest BCUT2D eigenvalue weighted by atomic mass is 16.2. The van der Waals surface area contributed by atoms with Crippen LogP contribution in [-0.2, 0) is 4.79 Å². The number of nitrogens with zero attached hydrogens (tertiary/aromatic N) is 1. The number of amides is 1. The molecule has 1 heterocycles. The molecule has 0 N–H and O–H groups in total. The molecule has 0 aromatic carbocycles. The fraction of sp³-hybridized carbons (Fsp3) is 0.727. The van der Waals surface area contributed by atoms with E-state index in [9.17, 15) is 4.79 Å². The van der Waals surface area contributed by atoms with Gasteiger partial charge >= 0.3 is 0 Å². The van der Waals surface area contributed by atoms with E-state index in [-0.39, 0.29) is 0 Å². The van der Waals surface area contributed by atoms with E-state index in [0.29, 0.717) is 17.7 Å². The third kappa shape index (κ3) is 1.77. The predicted molar refractivity (Wildman–Crippen MR) is 52.2 cm³/mol. The minimum atomic E-state index is 0.354. The Balaban J connectivity index is 1.92. The van der Waals surface area contributed by atoms with Gasteiger partial charge in [0, 0.05) is 19.0 Å². The summed E-state index contributed by atoms with van der Waals surface area (Å²) in [6.45, 7) is 6.08. The second-order valence-corrected chi connectivity index (χ2v) is 4.40. The van der Waals surface area contributed by atoms with Crippen LogP contribution in [0.4, 0.5) is 0 Å². The molecule has 1 aliphatic heterocycles. The Morgan fingerprint density at radius 2 is 2.31 bits per heavy atom. The fourth-order valence-electron chi connectivity index (χ4n) is 1.87. The van der Waals surface area contributed by atoms with E-state index < -0.39 is 0 Å². The van der Waals surface area contributed by atoms with Crippen molar-refractivity contribution in [3.63, 3.8) is 0 Å². The van der Waals surface area contributed by atoms with Gasteiger partial charge in [0.25, 0.3) is 0 Å². The van der Waals surface area contributed by atoms with Crippen molar-refractivity contribution in [1.29, 1.82) is 0 Å². The van der Waals surface area contributed by atoms with E-state index in [4.69, 9.17) is 0 Å². The van der Waals surface area contributed by atoms with E-state index >= 15 is 0 Å². The largest absolute Gasteiger partial charge is 0.338 e. The maximum Gasteiger partial charge on any atom is 0.226 e. The topological polar surface area (TPSA) is 20.3 Å². The molecule has 0 aromatic rings. The van der Waals surface area contributed by atoms with Gasteiger partial charge in [0.15, 0.2) is 0 Å². The first-order valence-corrected chi connectivity index (χ1v) is 5.13. The highest BCUT2D eigenvalue weighted by Gasteiger charge is 2.41. The Labute approximate surface area is 79.6 Å². The number of rotatable bonds is 1. The summed E-state index contributed by atoms with van der Waals surface area (Å²) in [7, 11) is 0. The van der Waals surface area contributed by atoms with Gasteiger partial charge in [-0.05, 0) is 25.7 Å². The van der Waals surface area contributed by atoms with Crippen LogP contribution in [0.2, 0.25) is 0 Å². The van der Waals surface area contributed by atoms with Gasteiger partial charge in [-0.1, -0.05) is 18.6 Å². The van der Waals surface area contributed by atoms with Crippen molar-refractivity contribution in [1.82, 2.24) is 4.90 Å². The molecule has 0 bridgehead atoms. The molecular weight excluding hydrogens is 162 g/mol. The Morgan fingerprint density at radius 3 is 2.77 bits per heavy atom. The molecular formula is C11H17NO. The van der Waals surface area contributed by atoms with Crippen LogP contribution < -0.4 is 0 Å². The predicted octanol–water partition coefficient (Wildman–Crippen LogP) is 1.82. The van der Waals surface area contributed by atoms with E-state index in [1.165, 1.54) is 5.57 Å². The van der Waals surface area contributed by atoms with E-state index in [0.717, 1.165) is 25.9 Å². The standard InChI is InChI=1S/C11H17NO/c1-8-3-5-12(6-4-8)11(13)10-7-9(10)2/h3,9-10H,4-7H2,1-2H3. The van der Waals surface area contributed by atoms with Crippen molar-refractivity contribution in [3.8, 4) is 0 Å². The number of hydrogen-bond donors (Lipinski definition) is 0. The third-order valence-electron chi connectivity index (χ3n) is 3.17. The molecule has 1 aliphatic carbocycles. The van der Waals surface area contributed by atoms with Gasteiger partial charge in [-0.2, -0.15) is 0 Å². The lowest BCUT2D eigenvalue weighted by atomic mass is 10.1. The normalized spacial score (nSPS) is 32.8. The first kappa shape index (κ1) is 8.79. The lowest BCUT2D eigenvalue weighted by Crippen LogP contribution is -2.35. The van der Waals surface area contributed by atoms with Gasteiger partial charge in [0.2, 0.25) is 5.91 Å². The van der Waals surface area contributed by atoms with Crippen LogP contribution >= 0.6 is 0 Å². The third-order valence-corrected chi connectivity index (χ3v) is 3.17. The van der Waals surface area contributed by atoms with Crippen molar-refractivity contribution >= 4 is 5.91 Å². The summed E-state index contributed by atoms with van der Waals surface area (Å²) < 4.78 is 0. The number of hydrogen-bond acceptors (Lipinski definition) is 1. The average molecular weight is 179 g/mol. The Bertz CT molecular complexity index is 257. The van der Waals surface area contributed by atoms with Crippen LogP contribution in [-0.4, -0.2) is 23.9 Å². The highest BCUT2D eigenvalue weighted by molar-refractivity contribution is 5.81. The van der Waals surface area contributed by atoms with Crippen molar-refractivity contribution < 1.29 is 4.79 Å². The van der Waals surface area contributed by atoms with Crippen LogP contribution in [0.15, 0.2) is 11.6 Å². The van der Waals surface area contributed by atoms with Crippen LogP contribution in [0.1, 0.15) is 26.7 Å². The van der Waals surface area contributed by atoms with Crippen LogP contribution in [0, 0.1) is 11.8 Å². The smallest absolute Gasteiger partial charge is 0.226 e. The Morgan fingerprint density at radius 1 is 1.62 bits per heavy atom. The minimum absolute atomic E-state index is 0.354. The molecule has 0 aromatic heterocycles. The van der Waals surface area contributed by atoms with Crippen LogP contribution in [0.5, 0.6) is 0 Å². The highest BCUT2D eigenvalue weighted by Crippen LogP contribution is 2.39. The minimum Gasteiger partial charge on any atom is -0.338 e. The second-order valence-electron chi connectivity index (χ2n) is 4.40. The molecule has 0 saturated heterocycles. The SMILES string of the molecule is CC1=CCN(C(=O)C2CC2C)CC1. The summed E-state index contributed by atoms with van der Waals surface area (Å²) >= 11 is 0. The molecule has 0 spiro atoms. The molecule has 2 heteroatoms. The fourth-order valence-corrected chi connectivity index (χ4v) is 1.87. The van der Waals surface area contributed by atoms with Crippen molar-refractivity contribution in [3.05, 3.63) is 11.6 Å². The second kappa shape index (κ2) is 3.17. The summed E-state index contributed by atoms with van der Waals surface area (Å²) in [5.41, 5.74) is 1.42. The molecule has 1 amide bonds. The van der Waals surface area contributed by atoms with Crippen molar-refractivity contribution in [2.24, 2.45) is 11.8 Å². The number of carbonyl (C=O) groups is 1. The first-order valence-electron chi connectivity index (χ1n) is 5.13. The lowest BCUT2D eigenvalue weighted by molar-refractivity contribution is -0.132. The molecule has 2 rings (SSSR count).